The normalized spacial score (nSPS) is 14.3. The fourth-order valence-corrected chi connectivity index (χ4v) is 3.23. The Labute approximate surface area is 160 Å². The lowest BCUT2D eigenvalue weighted by Crippen LogP contribution is -2.45. The van der Waals surface area contributed by atoms with Gasteiger partial charge in [-0.1, -0.05) is 30.3 Å². The van der Waals surface area contributed by atoms with Crippen molar-refractivity contribution in [1.29, 1.82) is 0 Å². The van der Waals surface area contributed by atoms with E-state index >= 15 is 0 Å². The van der Waals surface area contributed by atoms with Crippen LogP contribution in [0.15, 0.2) is 48.7 Å². The molecule has 2 heterocycles. The number of hydrogen-bond donors (Lipinski definition) is 0. The van der Waals surface area contributed by atoms with E-state index in [0.717, 1.165) is 30.8 Å². The van der Waals surface area contributed by atoms with Crippen LogP contribution in [-0.2, 0) is 11.3 Å². The Morgan fingerprint density at radius 2 is 1.85 bits per heavy atom. The van der Waals surface area contributed by atoms with Crippen LogP contribution in [-0.4, -0.2) is 59.3 Å². The van der Waals surface area contributed by atoms with Crippen molar-refractivity contribution in [3.8, 4) is 0 Å². The second-order valence-electron chi connectivity index (χ2n) is 7.04. The van der Waals surface area contributed by atoms with Gasteiger partial charge in [0.25, 0.3) is 5.91 Å². The van der Waals surface area contributed by atoms with Crippen molar-refractivity contribution in [2.24, 2.45) is 0 Å². The van der Waals surface area contributed by atoms with Gasteiger partial charge in [0.15, 0.2) is 0 Å². The number of hydrogen-bond acceptors (Lipinski definition) is 4. The molecule has 0 aliphatic carbocycles. The summed E-state index contributed by atoms with van der Waals surface area (Å²) in [6.07, 6.45) is 2.58. The van der Waals surface area contributed by atoms with E-state index in [4.69, 9.17) is 0 Å². The molecule has 1 aliphatic heterocycles. The third kappa shape index (κ3) is 4.64. The van der Waals surface area contributed by atoms with Crippen LogP contribution in [0.25, 0.3) is 0 Å². The van der Waals surface area contributed by atoms with Crippen molar-refractivity contribution in [1.82, 2.24) is 14.8 Å². The number of carbonyl (C=O) groups is 2. The van der Waals surface area contributed by atoms with E-state index in [9.17, 15) is 9.59 Å². The minimum Gasteiger partial charge on any atom is -0.368 e. The smallest absolute Gasteiger partial charge is 0.273 e. The predicted molar refractivity (Wildman–Crippen MR) is 106 cm³/mol. The van der Waals surface area contributed by atoms with Gasteiger partial charge in [-0.15, -0.1) is 0 Å². The van der Waals surface area contributed by atoms with Crippen molar-refractivity contribution in [2.75, 3.05) is 31.1 Å². The van der Waals surface area contributed by atoms with Crippen molar-refractivity contribution in [3.63, 3.8) is 0 Å². The van der Waals surface area contributed by atoms with Gasteiger partial charge in [-0.2, -0.15) is 0 Å². The SMILES string of the molecule is CC(C)N(Cc1ccccc1)C(=O)c1cc(N2CCN(C=O)CC2)ccn1. The fraction of sp³-hybridized carbons (Fsp3) is 0.381. The summed E-state index contributed by atoms with van der Waals surface area (Å²) in [6.45, 7) is 7.50. The van der Waals surface area contributed by atoms with Gasteiger partial charge in [0.2, 0.25) is 6.41 Å². The lowest BCUT2D eigenvalue weighted by molar-refractivity contribution is -0.118. The quantitative estimate of drug-likeness (QED) is 0.737. The maximum Gasteiger partial charge on any atom is 0.273 e. The van der Waals surface area contributed by atoms with Gasteiger partial charge in [0.05, 0.1) is 0 Å². The first kappa shape index (κ1) is 18.9. The summed E-state index contributed by atoms with van der Waals surface area (Å²) >= 11 is 0. The zero-order chi connectivity index (χ0) is 19.2. The molecule has 142 valence electrons. The summed E-state index contributed by atoms with van der Waals surface area (Å²) in [5, 5.41) is 0. The molecule has 0 N–H and O–H groups in total. The molecular formula is C21H26N4O2. The minimum absolute atomic E-state index is 0.0674. The first-order chi connectivity index (χ1) is 13.1. The molecule has 0 unspecified atom stereocenters. The maximum absolute atomic E-state index is 13.1. The number of amides is 2. The van der Waals surface area contributed by atoms with Crippen molar-refractivity contribution >= 4 is 18.0 Å². The Morgan fingerprint density at radius 1 is 1.15 bits per heavy atom. The number of pyridine rings is 1. The van der Waals surface area contributed by atoms with Crippen LogP contribution in [0.1, 0.15) is 29.9 Å². The Hall–Kier alpha value is -2.89. The van der Waals surface area contributed by atoms with Gasteiger partial charge in [-0.3, -0.25) is 14.6 Å². The van der Waals surface area contributed by atoms with E-state index in [1.807, 2.05) is 61.2 Å². The number of benzene rings is 1. The summed E-state index contributed by atoms with van der Waals surface area (Å²) in [4.78, 5) is 34.1. The molecule has 1 saturated heterocycles. The predicted octanol–water partition coefficient (Wildman–Crippen LogP) is 2.41. The van der Waals surface area contributed by atoms with E-state index in [0.29, 0.717) is 25.3 Å². The molecule has 27 heavy (non-hydrogen) atoms. The zero-order valence-electron chi connectivity index (χ0n) is 15.9. The number of aromatic nitrogens is 1. The molecule has 0 radical (unpaired) electrons. The number of anilines is 1. The van der Waals surface area contributed by atoms with Crippen LogP contribution in [0.2, 0.25) is 0 Å². The zero-order valence-corrected chi connectivity index (χ0v) is 15.9. The maximum atomic E-state index is 13.1. The minimum atomic E-state index is -0.0674. The molecule has 0 bridgehead atoms. The molecular weight excluding hydrogens is 340 g/mol. The second kappa shape index (κ2) is 8.66. The van der Waals surface area contributed by atoms with Gasteiger partial charge in [-0.05, 0) is 31.5 Å². The Balaban J connectivity index is 1.76. The highest BCUT2D eigenvalue weighted by Crippen LogP contribution is 2.19. The van der Waals surface area contributed by atoms with Crippen LogP contribution in [0.3, 0.4) is 0 Å². The van der Waals surface area contributed by atoms with E-state index in [1.165, 1.54) is 0 Å². The molecule has 2 amide bonds. The average molecular weight is 366 g/mol. The monoisotopic (exact) mass is 366 g/mol. The van der Waals surface area contributed by atoms with Gasteiger partial charge < -0.3 is 14.7 Å². The molecule has 1 aromatic heterocycles. The first-order valence-corrected chi connectivity index (χ1v) is 9.33. The third-order valence-corrected chi connectivity index (χ3v) is 4.87. The van der Waals surface area contributed by atoms with E-state index < -0.39 is 0 Å². The summed E-state index contributed by atoms with van der Waals surface area (Å²) in [7, 11) is 0. The van der Waals surface area contributed by atoms with Crippen LogP contribution < -0.4 is 4.90 Å². The molecule has 1 fully saturated rings. The molecule has 0 atom stereocenters. The van der Waals surface area contributed by atoms with Crippen molar-refractivity contribution < 1.29 is 9.59 Å². The standard InChI is InChI=1S/C21H26N4O2/c1-17(2)25(15-18-6-4-3-5-7-18)21(27)20-14-19(8-9-22-20)24-12-10-23(16-26)11-13-24/h3-9,14,16-17H,10-13,15H2,1-2H3. The highest BCUT2D eigenvalue weighted by Gasteiger charge is 2.22. The first-order valence-electron chi connectivity index (χ1n) is 9.33. The van der Waals surface area contributed by atoms with Crippen LogP contribution >= 0.6 is 0 Å². The van der Waals surface area contributed by atoms with E-state index in [-0.39, 0.29) is 11.9 Å². The van der Waals surface area contributed by atoms with Crippen LogP contribution in [0.5, 0.6) is 0 Å². The molecule has 6 heteroatoms. The van der Waals surface area contributed by atoms with Gasteiger partial charge in [0.1, 0.15) is 5.69 Å². The van der Waals surface area contributed by atoms with Crippen molar-refractivity contribution in [2.45, 2.75) is 26.4 Å². The fourth-order valence-electron chi connectivity index (χ4n) is 3.23. The number of nitrogens with zero attached hydrogens (tertiary/aromatic N) is 4. The molecule has 6 nitrogen and oxygen atoms in total. The Bertz CT molecular complexity index is 771. The number of rotatable bonds is 6. The molecule has 1 aliphatic rings. The van der Waals surface area contributed by atoms with Gasteiger partial charge in [0, 0.05) is 50.6 Å². The third-order valence-electron chi connectivity index (χ3n) is 4.87. The molecule has 3 rings (SSSR count). The summed E-state index contributed by atoms with van der Waals surface area (Å²) in [5.74, 6) is -0.0674. The molecule has 2 aromatic rings. The lowest BCUT2D eigenvalue weighted by Gasteiger charge is -2.34. The number of piperazine rings is 1. The Kier molecular flexibility index (Phi) is 6.06. The second-order valence-corrected chi connectivity index (χ2v) is 7.04. The van der Waals surface area contributed by atoms with Crippen molar-refractivity contribution in [3.05, 3.63) is 59.9 Å². The van der Waals surface area contributed by atoms with E-state index in [2.05, 4.69) is 9.88 Å². The lowest BCUT2D eigenvalue weighted by atomic mass is 10.1. The average Bonchev–Trinajstić information content (AvgIpc) is 2.72. The highest BCUT2D eigenvalue weighted by molar-refractivity contribution is 5.93. The molecule has 0 spiro atoms. The molecule has 0 saturated carbocycles. The van der Waals surface area contributed by atoms with Crippen LogP contribution in [0.4, 0.5) is 5.69 Å². The number of carbonyl (C=O) groups excluding carboxylic acids is 2. The van der Waals surface area contributed by atoms with Gasteiger partial charge >= 0.3 is 0 Å². The van der Waals surface area contributed by atoms with Crippen LogP contribution in [0, 0.1) is 0 Å². The molecule has 1 aromatic carbocycles. The summed E-state index contributed by atoms with van der Waals surface area (Å²) in [5.41, 5.74) is 2.53. The van der Waals surface area contributed by atoms with Gasteiger partial charge in [-0.25, -0.2) is 0 Å². The topological polar surface area (TPSA) is 56.8 Å². The largest absolute Gasteiger partial charge is 0.368 e. The highest BCUT2D eigenvalue weighted by atomic mass is 16.2. The van der Waals surface area contributed by atoms with E-state index in [1.54, 1.807) is 11.1 Å². The Morgan fingerprint density at radius 3 is 2.48 bits per heavy atom. The summed E-state index contributed by atoms with van der Waals surface area (Å²) in [6, 6.07) is 13.8. The summed E-state index contributed by atoms with van der Waals surface area (Å²) < 4.78 is 0.